The van der Waals surface area contributed by atoms with E-state index in [2.05, 4.69) is 10.6 Å². The van der Waals surface area contributed by atoms with Crippen LogP contribution in [0.25, 0.3) is 0 Å². The number of amides is 3. The highest BCUT2D eigenvalue weighted by Gasteiger charge is 2.19. The lowest BCUT2D eigenvalue weighted by atomic mass is 10.1. The summed E-state index contributed by atoms with van der Waals surface area (Å²) in [5.74, 6) is 0.230. The van der Waals surface area contributed by atoms with Crippen LogP contribution in [-0.2, 0) is 11.3 Å². The molecule has 0 radical (unpaired) electrons. The smallest absolute Gasteiger partial charge is 0.319 e. The fraction of sp³-hybridized carbons (Fsp3) is 0.556. The number of rotatable bonds is 4. The molecule has 5 nitrogen and oxygen atoms in total. The van der Waals surface area contributed by atoms with Crippen LogP contribution in [0.2, 0.25) is 0 Å². The fourth-order valence-corrected chi connectivity index (χ4v) is 3.42. The highest BCUT2D eigenvalue weighted by atomic mass is 16.2. The summed E-state index contributed by atoms with van der Waals surface area (Å²) < 4.78 is 0. The lowest BCUT2D eigenvalue weighted by molar-refractivity contribution is -0.133. The molecule has 0 atom stereocenters. The van der Waals surface area contributed by atoms with Crippen molar-refractivity contribution >= 4 is 17.6 Å². The largest absolute Gasteiger partial charge is 0.338 e. The SMILES string of the molecule is O=C(Nc1cccc(CN2CCCCC2=O)c1)NC1CCCC1. The molecule has 1 aromatic rings. The monoisotopic (exact) mass is 315 g/mol. The van der Waals surface area contributed by atoms with E-state index in [-0.39, 0.29) is 11.9 Å². The normalized spacial score (nSPS) is 19.0. The van der Waals surface area contributed by atoms with Crippen molar-refractivity contribution in [2.45, 2.75) is 57.5 Å². The van der Waals surface area contributed by atoms with Gasteiger partial charge in [-0.1, -0.05) is 25.0 Å². The van der Waals surface area contributed by atoms with Gasteiger partial charge < -0.3 is 15.5 Å². The van der Waals surface area contributed by atoms with Crippen molar-refractivity contribution < 1.29 is 9.59 Å². The summed E-state index contributed by atoms with van der Waals surface area (Å²) in [7, 11) is 0. The molecule has 0 aromatic heterocycles. The molecule has 1 aliphatic carbocycles. The molecule has 2 fully saturated rings. The molecule has 124 valence electrons. The minimum absolute atomic E-state index is 0.136. The maximum absolute atomic E-state index is 12.0. The Kier molecular flexibility index (Phi) is 5.16. The fourth-order valence-electron chi connectivity index (χ4n) is 3.42. The molecular weight excluding hydrogens is 290 g/mol. The Bertz CT molecular complexity index is 567. The van der Waals surface area contributed by atoms with Gasteiger partial charge in [0.25, 0.3) is 0 Å². The predicted molar refractivity (Wildman–Crippen MR) is 90.1 cm³/mol. The molecule has 2 N–H and O–H groups in total. The van der Waals surface area contributed by atoms with Crippen LogP contribution in [0.15, 0.2) is 24.3 Å². The number of carbonyl (C=O) groups excluding carboxylic acids is 2. The number of piperidine rings is 1. The van der Waals surface area contributed by atoms with Crippen molar-refractivity contribution in [3.8, 4) is 0 Å². The number of urea groups is 1. The molecule has 1 saturated heterocycles. The lowest BCUT2D eigenvalue weighted by Gasteiger charge is -2.26. The third kappa shape index (κ3) is 4.47. The van der Waals surface area contributed by atoms with Crippen LogP contribution in [0, 0.1) is 0 Å². The zero-order chi connectivity index (χ0) is 16.1. The average Bonchev–Trinajstić information content (AvgIpc) is 3.03. The quantitative estimate of drug-likeness (QED) is 0.896. The van der Waals surface area contributed by atoms with E-state index in [4.69, 9.17) is 0 Å². The van der Waals surface area contributed by atoms with Crippen molar-refractivity contribution in [2.24, 2.45) is 0 Å². The zero-order valence-electron chi connectivity index (χ0n) is 13.5. The highest BCUT2D eigenvalue weighted by molar-refractivity contribution is 5.89. The second-order valence-corrected chi connectivity index (χ2v) is 6.55. The molecule has 3 amide bonds. The van der Waals surface area contributed by atoms with E-state index < -0.39 is 0 Å². The molecule has 1 aromatic carbocycles. The average molecular weight is 315 g/mol. The standard InChI is InChI=1S/C18H25N3O2/c22-17-10-3-4-11-21(17)13-14-6-5-9-16(12-14)20-18(23)19-15-7-1-2-8-15/h5-6,9,12,15H,1-4,7-8,10-11,13H2,(H2,19,20,23). The summed E-state index contributed by atoms with van der Waals surface area (Å²) >= 11 is 0. The van der Waals surface area contributed by atoms with Gasteiger partial charge in [0.05, 0.1) is 0 Å². The van der Waals surface area contributed by atoms with Crippen LogP contribution < -0.4 is 10.6 Å². The first-order valence-electron chi connectivity index (χ1n) is 8.65. The highest BCUT2D eigenvalue weighted by Crippen LogP contribution is 2.19. The Hall–Kier alpha value is -2.04. The summed E-state index contributed by atoms with van der Waals surface area (Å²) in [4.78, 5) is 25.8. The van der Waals surface area contributed by atoms with Gasteiger partial charge in [-0.05, 0) is 43.4 Å². The van der Waals surface area contributed by atoms with Gasteiger partial charge >= 0.3 is 6.03 Å². The Morgan fingerprint density at radius 3 is 2.78 bits per heavy atom. The van der Waals surface area contributed by atoms with Gasteiger partial charge in [-0.3, -0.25) is 4.79 Å². The van der Waals surface area contributed by atoms with Crippen molar-refractivity contribution in [1.29, 1.82) is 0 Å². The molecule has 0 unspecified atom stereocenters. The van der Waals surface area contributed by atoms with E-state index >= 15 is 0 Å². The predicted octanol–water partition coefficient (Wildman–Crippen LogP) is 3.26. The second-order valence-electron chi connectivity index (χ2n) is 6.55. The minimum Gasteiger partial charge on any atom is -0.338 e. The lowest BCUT2D eigenvalue weighted by Crippen LogP contribution is -2.36. The molecule has 0 bridgehead atoms. The molecule has 2 aliphatic rings. The zero-order valence-corrected chi connectivity index (χ0v) is 13.5. The molecule has 1 heterocycles. The third-order valence-electron chi connectivity index (χ3n) is 4.67. The molecular formula is C18H25N3O2. The molecule has 1 saturated carbocycles. The van der Waals surface area contributed by atoms with Crippen molar-refractivity contribution in [1.82, 2.24) is 10.2 Å². The number of anilines is 1. The summed E-state index contributed by atoms with van der Waals surface area (Å²) in [5, 5.41) is 5.92. The number of benzene rings is 1. The number of hydrogen-bond donors (Lipinski definition) is 2. The van der Waals surface area contributed by atoms with Gasteiger partial charge in [0, 0.05) is 31.2 Å². The van der Waals surface area contributed by atoms with Gasteiger partial charge in [0.1, 0.15) is 0 Å². The Morgan fingerprint density at radius 1 is 1.17 bits per heavy atom. The first-order chi connectivity index (χ1) is 11.2. The van der Waals surface area contributed by atoms with Gasteiger partial charge in [0.2, 0.25) is 5.91 Å². The number of likely N-dealkylation sites (tertiary alicyclic amines) is 1. The van der Waals surface area contributed by atoms with E-state index in [1.165, 1.54) is 12.8 Å². The van der Waals surface area contributed by atoms with E-state index in [0.717, 1.165) is 43.5 Å². The topological polar surface area (TPSA) is 61.4 Å². The van der Waals surface area contributed by atoms with Crippen molar-refractivity contribution in [2.75, 3.05) is 11.9 Å². The van der Waals surface area contributed by atoms with Crippen LogP contribution in [0.5, 0.6) is 0 Å². The van der Waals surface area contributed by atoms with Crippen LogP contribution >= 0.6 is 0 Å². The van der Waals surface area contributed by atoms with Crippen LogP contribution in [0.1, 0.15) is 50.5 Å². The maximum Gasteiger partial charge on any atom is 0.319 e. The number of hydrogen-bond acceptors (Lipinski definition) is 2. The van der Waals surface area contributed by atoms with Gasteiger partial charge in [0.15, 0.2) is 0 Å². The van der Waals surface area contributed by atoms with Gasteiger partial charge in [-0.2, -0.15) is 0 Å². The Labute approximate surface area is 137 Å². The van der Waals surface area contributed by atoms with Crippen molar-refractivity contribution in [3.63, 3.8) is 0 Å². The molecule has 5 heteroatoms. The number of nitrogens with one attached hydrogen (secondary N) is 2. The number of carbonyl (C=O) groups is 2. The molecule has 23 heavy (non-hydrogen) atoms. The van der Waals surface area contributed by atoms with E-state index in [0.29, 0.717) is 19.0 Å². The summed E-state index contributed by atoms with van der Waals surface area (Å²) in [5.41, 5.74) is 1.83. The second kappa shape index (κ2) is 7.49. The third-order valence-corrected chi connectivity index (χ3v) is 4.67. The maximum atomic E-state index is 12.0. The molecule has 1 aliphatic heterocycles. The minimum atomic E-state index is -0.136. The van der Waals surface area contributed by atoms with E-state index in [1.807, 2.05) is 29.2 Å². The first-order valence-corrected chi connectivity index (χ1v) is 8.65. The van der Waals surface area contributed by atoms with Crippen LogP contribution in [-0.4, -0.2) is 29.4 Å². The number of nitrogens with zero attached hydrogens (tertiary/aromatic N) is 1. The van der Waals surface area contributed by atoms with Crippen LogP contribution in [0.3, 0.4) is 0 Å². The summed E-state index contributed by atoms with van der Waals surface area (Å²) in [6.45, 7) is 1.46. The Morgan fingerprint density at radius 2 is 2.00 bits per heavy atom. The van der Waals surface area contributed by atoms with E-state index in [9.17, 15) is 9.59 Å². The van der Waals surface area contributed by atoms with E-state index in [1.54, 1.807) is 0 Å². The molecule has 3 rings (SSSR count). The van der Waals surface area contributed by atoms with Gasteiger partial charge in [-0.25, -0.2) is 4.79 Å². The van der Waals surface area contributed by atoms with Crippen LogP contribution in [0.4, 0.5) is 10.5 Å². The van der Waals surface area contributed by atoms with Gasteiger partial charge in [-0.15, -0.1) is 0 Å². The summed E-state index contributed by atoms with van der Waals surface area (Å²) in [6, 6.07) is 7.94. The summed E-state index contributed by atoms with van der Waals surface area (Å²) in [6.07, 6.45) is 7.27. The van der Waals surface area contributed by atoms with Crippen molar-refractivity contribution in [3.05, 3.63) is 29.8 Å². The molecule has 0 spiro atoms. The first kappa shape index (κ1) is 15.8. The Balaban J connectivity index is 1.56.